The average Bonchev–Trinajstić information content (AvgIpc) is 2.47. The van der Waals surface area contributed by atoms with Crippen LogP contribution in [0.5, 0.6) is 0 Å². The fraction of sp³-hybridized carbons (Fsp3) is 0.625. The highest BCUT2D eigenvalue weighted by atomic mass is 16.2. The van der Waals surface area contributed by atoms with Crippen LogP contribution in [0.1, 0.15) is 44.6 Å². The Labute approximate surface area is 121 Å². The van der Waals surface area contributed by atoms with Crippen molar-refractivity contribution in [3.05, 3.63) is 30.1 Å². The van der Waals surface area contributed by atoms with E-state index in [-0.39, 0.29) is 17.9 Å². The van der Waals surface area contributed by atoms with E-state index in [0.29, 0.717) is 18.9 Å². The van der Waals surface area contributed by atoms with Gasteiger partial charge in [-0.25, -0.2) is 0 Å². The van der Waals surface area contributed by atoms with E-state index in [4.69, 9.17) is 5.73 Å². The van der Waals surface area contributed by atoms with Gasteiger partial charge in [0.1, 0.15) is 0 Å². The molecule has 0 saturated carbocycles. The Morgan fingerprint density at radius 2 is 2.20 bits per heavy atom. The van der Waals surface area contributed by atoms with Crippen LogP contribution in [0.2, 0.25) is 0 Å². The van der Waals surface area contributed by atoms with Gasteiger partial charge in [-0.1, -0.05) is 13.8 Å². The van der Waals surface area contributed by atoms with Crippen molar-refractivity contribution in [1.82, 2.24) is 9.88 Å². The zero-order valence-corrected chi connectivity index (χ0v) is 12.5. The van der Waals surface area contributed by atoms with E-state index >= 15 is 0 Å². The summed E-state index contributed by atoms with van der Waals surface area (Å²) in [5, 5.41) is 0. The molecule has 4 nitrogen and oxygen atoms in total. The van der Waals surface area contributed by atoms with Gasteiger partial charge in [0.05, 0.1) is 0 Å². The number of likely N-dealkylation sites (tertiary alicyclic amines) is 1. The predicted octanol–water partition coefficient (Wildman–Crippen LogP) is 2.16. The molecule has 3 atom stereocenters. The maximum Gasteiger partial charge on any atom is 0.223 e. The van der Waals surface area contributed by atoms with Crippen molar-refractivity contribution in [2.45, 2.75) is 45.1 Å². The number of pyridine rings is 1. The van der Waals surface area contributed by atoms with Crippen molar-refractivity contribution in [2.75, 3.05) is 13.1 Å². The summed E-state index contributed by atoms with van der Waals surface area (Å²) in [7, 11) is 0. The first-order chi connectivity index (χ1) is 9.63. The Morgan fingerprint density at radius 3 is 2.85 bits per heavy atom. The Morgan fingerprint density at radius 1 is 1.50 bits per heavy atom. The van der Waals surface area contributed by atoms with Gasteiger partial charge >= 0.3 is 0 Å². The zero-order chi connectivity index (χ0) is 14.5. The first kappa shape index (κ1) is 15.0. The molecular formula is C16H25N3O. The summed E-state index contributed by atoms with van der Waals surface area (Å²) in [6.07, 6.45) is 6.37. The third-order valence-corrected chi connectivity index (χ3v) is 4.43. The van der Waals surface area contributed by atoms with Gasteiger partial charge in [0.25, 0.3) is 0 Å². The fourth-order valence-corrected chi connectivity index (χ4v) is 3.11. The summed E-state index contributed by atoms with van der Waals surface area (Å²) < 4.78 is 0. The number of hydrogen-bond donors (Lipinski definition) is 1. The van der Waals surface area contributed by atoms with E-state index in [1.165, 1.54) is 12.0 Å². The molecule has 0 unspecified atom stereocenters. The number of aromatic nitrogens is 1. The molecule has 1 fully saturated rings. The second-order valence-electron chi connectivity index (χ2n) is 5.90. The van der Waals surface area contributed by atoms with E-state index in [0.717, 1.165) is 13.0 Å². The molecule has 1 aliphatic heterocycles. The highest BCUT2D eigenvalue weighted by Gasteiger charge is 2.31. The summed E-state index contributed by atoms with van der Waals surface area (Å²) in [5.41, 5.74) is 7.03. The molecule has 1 aliphatic rings. The molecule has 2 rings (SSSR count). The number of nitrogens with zero attached hydrogens (tertiary/aromatic N) is 2. The third kappa shape index (κ3) is 3.37. The first-order valence-corrected chi connectivity index (χ1v) is 7.53. The van der Waals surface area contributed by atoms with Crippen molar-refractivity contribution >= 4 is 5.91 Å². The lowest BCUT2D eigenvalue weighted by molar-refractivity contribution is -0.136. The number of rotatable bonds is 4. The quantitative estimate of drug-likeness (QED) is 0.916. The maximum absolute atomic E-state index is 12.6. The Hall–Kier alpha value is -1.42. The van der Waals surface area contributed by atoms with Gasteiger partial charge in [-0.2, -0.15) is 0 Å². The smallest absolute Gasteiger partial charge is 0.223 e. The molecule has 1 aromatic rings. The number of carbonyl (C=O) groups is 1. The number of piperidine rings is 1. The van der Waals surface area contributed by atoms with Gasteiger partial charge in [0, 0.05) is 37.9 Å². The van der Waals surface area contributed by atoms with Crippen LogP contribution in [0, 0.1) is 5.92 Å². The van der Waals surface area contributed by atoms with Crippen molar-refractivity contribution in [1.29, 1.82) is 0 Å². The van der Waals surface area contributed by atoms with E-state index in [1.807, 2.05) is 17.0 Å². The summed E-state index contributed by atoms with van der Waals surface area (Å²) >= 11 is 0. The van der Waals surface area contributed by atoms with Crippen molar-refractivity contribution < 1.29 is 4.79 Å². The van der Waals surface area contributed by atoms with Crippen LogP contribution in [-0.2, 0) is 4.79 Å². The standard InChI is InChI=1S/C16H25N3O/c1-12-4-3-9-19(15(12)11-17)16(20)10-13(2)14-5-7-18-8-6-14/h5-8,12-13,15H,3-4,9-11,17H2,1-2H3/t12-,13-,15-/m1/s1. The molecule has 2 heterocycles. The molecule has 20 heavy (non-hydrogen) atoms. The van der Waals surface area contributed by atoms with Gasteiger partial charge in [0.2, 0.25) is 5.91 Å². The summed E-state index contributed by atoms with van der Waals surface area (Å²) in [6, 6.07) is 4.18. The second kappa shape index (κ2) is 6.84. The molecule has 2 N–H and O–H groups in total. The van der Waals surface area contributed by atoms with Crippen molar-refractivity contribution in [3.63, 3.8) is 0 Å². The van der Waals surface area contributed by atoms with Gasteiger partial charge < -0.3 is 10.6 Å². The van der Waals surface area contributed by atoms with Gasteiger partial charge in [-0.15, -0.1) is 0 Å². The summed E-state index contributed by atoms with van der Waals surface area (Å²) in [4.78, 5) is 18.6. The maximum atomic E-state index is 12.6. The van der Waals surface area contributed by atoms with E-state index in [1.54, 1.807) is 12.4 Å². The minimum Gasteiger partial charge on any atom is -0.338 e. The Balaban J connectivity index is 2.00. The van der Waals surface area contributed by atoms with Crippen LogP contribution < -0.4 is 5.73 Å². The van der Waals surface area contributed by atoms with Gasteiger partial charge in [0.15, 0.2) is 0 Å². The highest BCUT2D eigenvalue weighted by molar-refractivity contribution is 5.77. The topological polar surface area (TPSA) is 59.2 Å². The molecule has 1 amide bonds. The summed E-state index contributed by atoms with van der Waals surface area (Å²) in [5.74, 6) is 0.964. The Bertz CT molecular complexity index is 435. The number of nitrogens with two attached hydrogens (primary N) is 1. The number of hydrogen-bond acceptors (Lipinski definition) is 3. The summed E-state index contributed by atoms with van der Waals surface area (Å²) in [6.45, 7) is 5.71. The third-order valence-electron chi connectivity index (χ3n) is 4.43. The SMILES string of the molecule is C[C@H](CC(=O)N1CCC[C@@H](C)[C@H]1CN)c1ccncc1. The van der Waals surface area contributed by atoms with Crippen LogP contribution in [0.4, 0.5) is 0 Å². The van der Waals surface area contributed by atoms with Crippen LogP contribution in [0.25, 0.3) is 0 Å². The van der Waals surface area contributed by atoms with Crippen LogP contribution in [-0.4, -0.2) is 34.9 Å². The molecule has 0 spiro atoms. The molecule has 0 radical (unpaired) electrons. The number of amides is 1. The van der Waals surface area contributed by atoms with Gasteiger partial charge in [-0.3, -0.25) is 9.78 Å². The van der Waals surface area contributed by atoms with E-state index < -0.39 is 0 Å². The minimum absolute atomic E-state index is 0.209. The van der Waals surface area contributed by atoms with Crippen LogP contribution in [0.3, 0.4) is 0 Å². The van der Waals surface area contributed by atoms with Crippen molar-refractivity contribution in [3.8, 4) is 0 Å². The molecule has 110 valence electrons. The molecule has 1 saturated heterocycles. The number of carbonyl (C=O) groups excluding carboxylic acids is 1. The molecule has 0 aromatic carbocycles. The lowest BCUT2D eigenvalue weighted by Gasteiger charge is -2.40. The van der Waals surface area contributed by atoms with Crippen molar-refractivity contribution in [2.24, 2.45) is 11.7 Å². The molecule has 4 heteroatoms. The lowest BCUT2D eigenvalue weighted by atomic mass is 9.89. The molecule has 0 bridgehead atoms. The van der Waals surface area contributed by atoms with E-state index in [9.17, 15) is 4.79 Å². The molecular weight excluding hydrogens is 250 g/mol. The van der Waals surface area contributed by atoms with E-state index in [2.05, 4.69) is 18.8 Å². The van der Waals surface area contributed by atoms with Crippen LogP contribution >= 0.6 is 0 Å². The average molecular weight is 275 g/mol. The lowest BCUT2D eigenvalue weighted by Crippen LogP contribution is -2.51. The predicted molar refractivity (Wildman–Crippen MR) is 80.2 cm³/mol. The largest absolute Gasteiger partial charge is 0.338 e. The zero-order valence-electron chi connectivity index (χ0n) is 12.5. The highest BCUT2D eigenvalue weighted by Crippen LogP contribution is 2.26. The fourth-order valence-electron chi connectivity index (χ4n) is 3.11. The molecule has 0 aliphatic carbocycles. The molecule has 1 aromatic heterocycles. The second-order valence-corrected chi connectivity index (χ2v) is 5.90. The minimum atomic E-state index is 0.209. The Kier molecular flexibility index (Phi) is 5.12. The normalized spacial score (nSPS) is 24.4. The van der Waals surface area contributed by atoms with Crippen LogP contribution in [0.15, 0.2) is 24.5 Å². The monoisotopic (exact) mass is 275 g/mol. The first-order valence-electron chi connectivity index (χ1n) is 7.53. The van der Waals surface area contributed by atoms with Gasteiger partial charge in [-0.05, 0) is 42.4 Å².